The molecule has 0 saturated carbocycles. The monoisotopic (exact) mass is 369 g/mol. The van der Waals surface area contributed by atoms with Gasteiger partial charge in [0.25, 0.3) is 0 Å². The SMILES string of the molecule is Cc1ccc2ccc([C@H](Nc3ccccn3)c3ccc(C)c(C)c3)c(O)c2n1. The van der Waals surface area contributed by atoms with E-state index in [2.05, 4.69) is 47.3 Å². The summed E-state index contributed by atoms with van der Waals surface area (Å²) in [6.45, 7) is 6.13. The smallest absolute Gasteiger partial charge is 0.147 e. The molecule has 0 saturated heterocycles. The van der Waals surface area contributed by atoms with Crippen LogP contribution < -0.4 is 5.32 Å². The fourth-order valence-corrected chi connectivity index (χ4v) is 3.40. The zero-order valence-electron chi connectivity index (χ0n) is 16.3. The molecule has 0 radical (unpaired) electrons. The highest BCUT2D eigenvalue weighted by molar-refractivity contribution is 5.86. The number of aromatic hydroxyl groups is 1. The molecule has 0 aliphatic heterocycles. The fourth-order valence-electron chi connectivity index (χ4n) is 3.40. The van der Waals surface area contributed by atoms with E-state index in [0.29, 0.717) is 5.52 Å². The Bertz CT molecular complexity index is 1140. The predicted octanol–water partition coefficient (Wildman–Crippen LogP) is 5.46. The maximum absolute atomic E-state index is 11.1. The maximum atomic E-state index is 11.1. The van der Waals surface area contributed by atoms with Gasteiger partial charge < -0.3 is 10.4 Å². The van der Waals surface area contributed by atoms with Crippen LogP contribution in [0.4, 0.5) is 5.82 Å². The third-order valence-corrected chi connectivity index (χ3v) is 5.14. The molecule has 2 N–H and O–H groups in total. The number of nitrogens with one attached hydrogen (secondary N) is 1. The number of pyridine rings is 2. The third kappa shape index (κ3) is 3.41. The van der Waals surface area contributed by atoms with Crippen LogP contribution >= 0.6 is 0 Å². The van der Waals surface area contributed by atoms with Gasteiger partial charge in [0, 0.05) is 22.8 Å². The molecule has 0 amide bonds. The van der Waals surface area contributed by atoms with Crippen LogP contribution in [0.3, 0.4) is 0 Å². The lowest BCUT2D eigenvalue weighted by atomic mass is 9.94. The molecule has 0 bridgehead atoms. The summed E-state index contributed by atoms with van der Waals surface area (Å²) in [7, 11) is 0. The number of aryl methyl sites for hydroxylation is 3. The summed E-state index contributed by atoms with van der Waals surface area (Å²) >= 11 is 0. The van der Waals surface area contributed by atoms with E-state index in [1.54, 1.807) is 6.20 Å². The average molecular weight is 369 g/mol. The van der Waals surface area contributed by atoms with Gasteiger partial charge in [-0.25, -0.2) is 9.97 Å². The first-order valence-corrected chi connectivity index (χ1v) is 9.37. The molecule has 0 aliphatic rings. The largest absolute Gasteiger partial charge is 0.505 e. The number of rotatable bonds is 4. The lowest BCUT2D eigenvalue weighted by Crippen LogP contribution is -2.14. The summed E-state index contributed by atoms with van der Waals surface area (Å²) in [6, 6.07) is 19.8. The standard InChI is InChI=1S/C24H23N3O/c1-15-7-9-19(14-16(15)2)22(27-21-6-4-5-13-25-21)20-12-11-18-10-8-17(3)26-23(18)24(20)28/h4-14,22,28H,1-3H3,(H,25,27)/t22-/m1/s1. The van der Waals surface area contributed by atoms with Crippen molar-refractivity contribution in [2.75, 3.05) is 5.32 Å². The van der Waals surface area contributed by atoms with E-state index >= 15 is 0 Å². The highest BCUT2D eigenvalue weighted by Gasteiger charge is 2.21. The van der Waals surface area contributed by atoms with E-state index in [-0.39, 0.29) is 11.8 Å². The molecule has 2 aromatic carbocycles. The molecular weight excluding hydrogens is 346 g/mol. The maximum Gasteiger partial charge on any atom is 0.147 e. The van der Waals surface area contributed by atoms with Gasteiger partial charge in [0.05, 0.1) is 6.04 Å². The average Bonchev–Trinajstić information content (AvgIpc) is 2.70. The van der Waals surface area contributed by atoms with Crippen molar-refractivity contribution in [3.05, 3.63) is 94.8 Å². The lowest BCUT2D eigenvalue weighted by Gasteiger charge is -2.23. The molecule has 0 aliphatic carbocycles. The van der Waals surface area contributed by atoms with Crippen LogP contribution in [0.15, 0.2) is 66.9 Å². The van der Waals surface area contributed by atoms with E-state index in [4.69, 9.17) is 0 Å². The van der Waals surface area contributed by atoms with E-state index in [1.807, 2.05) is 49.4 Å². The summed E-state index contributed by atoms with van der Waals surface area (Å²) in [5.74, 6) is 0.954. The summed E-state index contributed by atoms with van der Waals surface area (Å²) in [4.78, 5) is 8.96. The zero-order valence-corrected chi connectivity index (χ0v) is 16.3. The van der Waals surface area contributed by atoms with Crippen molar-refractivity contribution in [3.63, 3.8) is 0 Å². The van der Waals surface area contributed by atoms with Crippen LogP contribution in [0.2, 0.25) is 0 Å². The van der Waals surface area contributed by atoms with Gasteiger partial charge >= 0.3 is 0 Å². The highest BCUT2D eigenvalue weighted by atomic mass is 16.3. The first-order valence-electron chi connectivity index (χ1n) is 9.37. The van der Waals surface area contributed by atoms with Crippen LogP contribution in [-0.2, 0) is 0 Å². The Labute approximate surface area is 164 Å². The summed E-state index contributed by atoms with van der Waals surface area (Å²) in [5, 5.41) is 15.5. The van der Waals surface area contributed by atoms with Gasteiger partial charge in [-0.3, -0.25) is 0 Å². The molecule has 1 atom stereocenters. The molecule has 0 spiro atoms. The Morgan fingerprint density at radius 3 is 2.46 bits per heavy atom. The van der Waals surface area contributed by atoms with Gasteiger partial charge in [0.15, 0.2) is 0 Å². The molecule has 2 aromatic heterocycles. The van der Waals surface area contributed by atoms with Gasteiger partial charge in [0.1, 0.15) is 17.1 Å². The number of fused-ring (bicyclic) bond motifs is 1. The normalized spacial score (nSPS) is 12.1. The van der Waals surface area contributed by atoms with Crippen LogP contribution in [0.25, 0.3) is 10.9 Å². The molecule has 2 heterocycles. The van der Waals surface area contributed by atoms with Gasteiger partial charge in [0.2, 0.25) is 0 Å². The van der Waals surface area contributed by atoms with Crippen molar-refractivity contribution < 1.29 is 5.11 Å². The second kappa shape index (κ2) is 7.31. The number of phenols is 1. The second-order valence-electron chi connectivity index (χ2n) is 7.16. The Morgan fingerprint density at radius 1 is 0.893 bits per heavy atom. The fraction of sp³-hybridized carbons (Fsp3) is 0.167. The molecule has 4 nitrogen and oxygen atoms in total. The zero-order chi connectivity index (χ0) is 19.7. The molecule has 4 heteroatoms. The van der Waals surface area contributed by atoms with Crippen molar-refractivity contribution >= 4 is 16.7 Å². The first-order chi connectivity index (χ1) is 13.5. The summed E-state index contributed by atoms with van der Waals surface area (Å²) < 4.78 is 0. The number of phenolic OH excluding ortho intramolecular Hbond substituents is 1. The Kier molecular flexibility index (Phi) is 4.70. The van der Waals surface area contributed by atoms with Crippen molar-refractivity contribution in [2.45, 2.75) is 26.8 Å². The highest BCUT2D eigenvalue weighted by Crippen LogP contribution is 2.36. The molecule has 4 rings (SSSR count). The van der Waals surface area contributed by atoms with Gasteiger partial charge in [-0.15, -0.1) is 0 Å². The number of nitrogens with zero attached hydrogens (tertiary/aromatic N) is 2. The molecule has 28 heavy (non-hydrogen) atoms. The van der Waals surface area contributed by atoms with Crippen LogP contribution in [-0.4, -0.2) is 15.1 Å². The van der Waals surface area contributed by atoms with E-state index in [9.17, 15) is 5.11 Å². The topological polar surface area (TPSA) is 58.0 Å². The van der Waals surface area contributed by atoms with Crippen molar-refractivity contribution in [1.29, 1.82) is 0 Å². The van der Waals surface area contributed by atoms with Crippen molar-refractivity contribution in [3.8, 4) is 5.75 Å². The van der Waals surface area contributed by atoms with Crippen LogP contribution in [0, 0.1) is 20.8 Å². The van der Waals surface area contributed by atoms with Gasteiger partial charge in [-0.05, 0) is 55.7 Å². The minimum Gasteiger partial charge on any atom is -0.505 e. The molecular formula is C24H23N3O. The third-order valence-electron chi connectivity index (χ3n) is 5.14. The van der Waals surface area contributed by atoms with Crippen molar-refractivity contribution in [1.82, 2.24) is 9.97 Å². The molecule has 0 fully saturated rings. The van der Waals surface area contributed by atoms with Crippen LogP contribution in [0.5, 0.6) is 5.75 Å². The molecule has 4 aromatic rings. The van der Waals surface area contributed by atoms with E-state index < -0.39 is 0 Å². The molecule has 0 unspecified atom stereocenters. The quantitative estimate of drug-likeness (QED) is 0.501. The number of benzene rings is 2. The summed E-state index contributed by atoms with van der Waals surface area (Å²) in [5.41, 5.74) is 5.78. The van der Waals surface area contributed by atoms with Crippen LogP contribution in [0.1, 0.15) is 34.0 Å². The van der Waals surface area contributed by atoms with E-state index in [0.717, 1.165) is 28.0 Å². The van der Waals surface area contributed by atoms with Gasteiger partial charge in [-0.2, -0.15) is 0 Å². The minimum atomic E-state index is -0.249. The number of aromatic nitrogens is 2. The Morgan fingerprint density at radius 2 is 1.71 bits per heavy atom. The lowest BCUT2D eigenvalue weighted by molar-refractivity contribution is 0.471. The number of hydrogen-bond acceptors (Lipinski definition) is 4. The predicted molar refractivity (Wildman–Crippen MR) is 114 cm³/mol. The van der Waals surface area contributed by atoms with E-state index in [1.165, 1.54) is 11.1 Å². The van der Waals surface area contributed by atoms with Gasteiger partial charge in [-0.1, -0.05) is 42.5 Å². The minimum absolute atomic E-state index is 0.202. The first kappa shape index (κ1) is 18.0. The summed E-state index contributed by atoms with van der Waals surface area (Å²) in [6.07, 6.45) is 1.75. The number of hydrogen-bond donors (Lipinski definition) is 2. The van der Waals surface area contributed by atoms with Crippen molar-refractivity contribution in [2.24, 2.45) is 0 Å². The molecule has 140 valence electrons. The Hall–Kier alpha value is -3.40. The second-order valence-corrected chi connectivity index (χ2v) is 7.16. The Balaban J connectivity index is 1.88. The number of anilines is 1.